The molecule has 2 amide bonds. The minimum absolute atomic E-state index is 0.0540. The third kappa shape index (κ3) is 3.49. The van der Waals surface area contributed by atoms with E-state index in [9.17, 15) is 9.59 Å². The number of rotatable bonds is 5. The topological polar surface area (TPSA) is 66.7 Å². The van der Waals surface area contributed by atoms with Gasteiger partial charge >= 0.3 is 0 Å². The van der Waals surface area contributed by atoms with Crippen LogP contribution in [0.15, 0.2) is 41.3 Å². The SMILES string of the molecule is CCN1C(=O)CC[C@H](C(=O)N(C)Cc2ccoc2C)[C@H]1c1ccncc1. The smallest absolute Gasteiger partial charge is 0.228 e. The highest BCUT2D eigenvalue weighted by molar-refractivity contribution is 5.85. The van der Waals surface area contributed by atoms with Crippen LogP contribution in [0.3, 0.4) is 0 Å². The Balaban J connectivity index is 1.86. The summed E-state index contributed by atoms with van der Waals surface area (Å²) >= 11 is 0. The Hall–Kier alpha value is -2.63. The first-order valence-corrected chi connectivity index (χ1v) is 9.00. The van der Waals surface area contributed by atoms with E-state index >= 15 is 0 Å². The van der Waals surface area contributed by atoms with Crippen LogP contribution in [0.1, 0.15) is 42.7 Å². The molecular weight excluding hydrogens is 330 g/mol. The Labute approximate surface area is 153 Å². The number of aryl methyl sites for hydroxylation is 1. The second-order valence-electron chi connectivity index (χ2n) is 6.75. The quantitative estimate of drug-likeness (QED) is 0.827. The molecule has 0 aliphatic carbocycles. The van der Waals surface area contributed by atoms with Gasteiger partial charge in [0, 0.05) is 44.5 Å². The molecule has 3 rings (SSSR count). The lowest BCUT2D eigenvalue weighted by molar-refractivity contribution is -0.147. The highest BCUT2D eigenvalue weighted by atomic mass is 16.3. The Morgan fingerprint density at radius 1 is 1.35 bits per heavy atom. The van der Waals surface area contributed by atoms with Gasteiger partial charge in [-0.05, 0) is 44.0 Å². The fourth-order valence-corrected chi connectivity index (χ4v) is 3.75. The standard InChI is InChI=1S/C20H25N3O3/c1-4-23-18(24)6-5-17(19(23)15-7-10-21-11-8-15)20(25)22(3)13-16-9-12-26-14(16)2/h7-12,17,19H,4-6,13H2,1-3H3/t17-,19+/m0/s1. The van der Waals surface area contributed by atoms with Crippen LogP contribution < -0.4 is 0 Å². The summed E-state index contributed by atoms with van der Waals surface area (Å²) in [6, 6.07) is 5.44. The summed E-state index contributed by atoms with van der Waals surface area (Å²) in [6.45, 7) is 4.93. The van der Waals surface area contributed by atoms with Gasteiger partial charge < -0.3 is 14.2 Å². The molecule has 26 heavy (non-hydrogen) atoms. The van der Waals surface area contributed by atoms with Gasteiger partial charge in [-0.2, -0.15) is 0 Å². The third-order valence-corrected chi connectivity index (χ3v) is 5.16. The molecule has 6 nitrogen and oxygen atoms in total. The van der Waals surface area contributed by atoms with Gasteiger partial charge in [-0.15, -0.1) is 0 Å². The summed E-state index contributed by atoms with van der Waals surface area (Å²) in [5, 5.41) is 0. The number of hydrogen-bond acceptors (Lipinski definition) is 4. The number of pyridine rings is 1. The molecule has 1 fully saturated rings. The van der Waals surface area contributed by atoms with Gasteiger partial charge in [0.05, 0.1) is 18.2 Å². The number of nitrogens with zero attached hydrogens (tertiary/aromatic N) is 3. The summed E-state index contributed by atoms with van der Waals surface area (Å²) < 4.78 is 5.33. The van der Waals surface area contributed by atoms with E-state index < -0.39 is 0 Å². The van der Waals surface area contributed by atoms with Crippen molar-refractivity contribution in [3.63, 3.8) is 0 Å². The van der Waals surface area contributed by atoms with Crippen LogP contribution in [0.5, 0.6) is 0 Å². The van der Waals surface area contributed by atoms with Crippen molar-refractivity contribution in [2.24, 2.45) is 5.92 Å². The molecule has 2 aromatic rings. The molecule has 2 aromatic heterocycles. The van der Waals surface area contributed by atoms with Gasteiger partial charge in [-0.3, -0.25) is 14.6 Å². The molecule has 1 aliphatic heterocycles. The number of carbonyl (C=O) groups excluding carboxylic acids is 2. The van der Waals surface area contributed by atoms with Gasteiger partial charge in [0.15, 0.2) is 0 Å². The molecule has 138 valence electrons. The number of carbonyl (C=O) groups is 2. The number of likely N-dealkylation sites (tertiary alicyclic amines) is 1. The van der Waals surface area contributed by atoms with E-state index in [1.165, 1.54) is 0 Å². The molecule has 0 aromatic carbocycles. The number of furan rings is 1. The van der Waals surface area contributed by atoms with Gasteiger partial charge in [0.2, 0.25) is 11.8 Å². The van der Waals surface area contributed by atoms with Crippen molar-refractivity contribution in [3.05, 3.63) is 53.7 Å². The van der Waals surface area contributed by atoms with E-state index in [-0.39, 0.29) is 23.8 Å². The van der Waals surface area contributed by atoms with E-state index in [0.717, 1.165) is 16.9 Å². The van der Waals surface area contributed by atoms with E-state index in [0.29, 0.717) is 25.9 Å². The van der Waals surface area contributed by atoms with Crippen LogP contribution in [0.2, 0.25) is 0 Å². The lowest BCUT2D eigenvalue weighted by Gasteiger charge is -2.41. The maximum atomic E-state index is 13.2. The van der Waals surface area contributed by atoms with Gasteiger partial charge in [0.25, 0.3) is 0 Å². The largest absolute Gasteiger partial charge is 0.469 e. The van der Waals surface area contributed by atoms with Crippen LogP contribution in [-0.4, -0.2) is 40.2 Å². The zero-order chi connectivity index (χ0) is 18.7. The summed E-state index contributed by atoms with van der Waals surface area (Å²) in [6.07, 6.45) is 6.03. The fourth-order valence-electron chi connectivity index (χ4n) is 3.75. The summed E-state index contributed by atoms with van der Waals surface area (Å²) in [5.74, 6) is 0.724. The highest BCUT2D eigenvalue weighted by Gasteiger charge is 2.41. The van der Waals surface area contributed by atoms with Crippen LogP contribution in [0.25, 0.3) is 0 Å². The lowest BCUT2D eigenvalue weighted by Crippen LogP contribution is -2.48. The monoisotopic (exact) mass is 355 g/mol. The zero-order valence-electron chi connectivity index (χ0n) is 15.5. The van der Waals surface area contributed by atoms with Crippen LogP contribution in [-0.2, 0) is 16.1 Å². The molecule has 0 N–H and O–H groups in total. The van der Waals surface area contributed by atoms with Crippen LogP contribution in [0, 0.1) is 12.8 Å². The molecule has 3 heterocycles. The van der Waals surface area contributed by atoms with Crippen molar-refractivity contribution in [2.75, 3.05) is 13.6 Å². The molecule has 0 unspecified atom stereocenters. The van der Waals surface area contributed by atoms with Crippen molar-refractivity contribution in [1.82, 2.24) is 14.8 Å². The number of hydrogen-bond donors (Lipinski definition) is 0. The van der Waals surface area contributed by atoms with E-state index in [2.05, 4.69) is 4.98 Å². The molecule has 2 atom stereocenters. The second kappa shape index (κ2) is 7.72. The third-order valence-electron chi connectivity index (χ3n) is 5.16. The maximum Gasteiger partial charge on any atom is 0.228 e. The summed E-state index contributed by atoms with van der Waals surface area (Å²) in [4.78, 5) is 33.3. The molecule has 0 radical (unpaired) electrons. The minimum Gasteiger partial charge on any atom is -0.469 e. The Morgan fingerprint density at radius 2 is 2.08 bits per heavy atom. The van der Waals surface area contributed by atoms with Gasteiger partial charge in [-0.1, -0.05) is 0 Å². The Kier molecular flexibility index (Phi) is 5.40. The summed E-state index contributed by atoms with van der Waals surface area (Å²) in [7, 11) is 1.81. The average Bonchev–Trinajstić information content (AvgIpc) is 3.06. The minimum atomic E-state index is -0.257. The van der Waals surface area contributed by atoms with Gasteiger partial charge in [-0.25, -0.2) is 0 Å². The molecular formula is C20H25N3O3. The molecule has 0 spiro atoms. The molecule has 0 bridgehead atoms. The first-order valence-electron chi connectivity index (χ1n) is 9.00. The number of aromatic nitrogens is 1. The van der Waals surface area contributed by atoms with Crippen molar-refractivity contribution in [1.29, 1.82) is 0 Å². The maximum absolute atomic E-state index is 13.2. The molecule has 6 heteroatoms. The molecule has 0 saturated carbocycles. The lowest BCUT2D eigenvalue weighted by atomic mass is 9.83. The Bertz CT molecular complexity index is 772. The number of amides is 2. The first kappa shape index (κ1) is 18.2. The molecule has 1 aliphatic rings. The van der Waals surface area contributed by atoms with Gasteiger partial charge in [0.1, 0.15) is 5.76 Å². The van der Waals surface area contributed by atoms with Crippen molar-refractivity contribution < 1.29 is 14.0 Å². The predicted molar refractivity (Wildman–Crippen MR) is 97.0 cm³/mol. The van der Waals surface area contributed by atoms with Crippen molar-refractivity contribution in [2.45, 2.75) is 39.3 Å². The highest BCUT2D eigenvalue weighted by Crippen LogP contribution is 2.37. The van der Waals surface area contributed by atoms with E-state index in [1.807, 2.05) is 44.0 Å². The first-order chi connectivity index (χ1) is 12.5. The van der Waals surface area contributed by atoms with Crippen molar-refractivity contribution in [3.8, 4) is 0 Å². The molecule has 1 saturated heterocycles. The van der Waals surface area contributed by atoms with E-state index in [4.69, 9.17) is 4.42 Å². The summed E-state index contributed by atoms with van der Waals surface area (Å²) in [5.41, 5.74) is 1.96. The van der Waals surface area contributed by atoms with Crippen LogP contribution >= 0.6 is 0 Å². The normalized spacial score (nSPS) is 20.3. The van der Waals surface area contributed by atoms with Crippen molar-refractivity contribution >= 4 is 11.8 Å². The van der Waals surface area contributed by atoms with Crippen LogP contribution in [0.4, 0.5) is 0 Å². The average molecular weight is 355 g/mol. The van der Waals surface area contributed by atoms with E-state index in [1.54, 1.807) is 23.6 Å². The second-order valence-corrected chi connectivity index (χ2v) is 6.75. The Morgan fingerprint density at radius 3 is 2.69 bits per heavy atom. The fraction of sp³-hybridized carbons (Fsp3) is 0.450. The number of piperidine rings is 1. The zero-order valence-corrected chi connectivity index (χ0v) is 15.5. The predicted octanol–water partition coefficient (Wildman–Crippen LogP) is 2.94.